The number of hydrogen-bond donors (Lipinski definition) is 0. The van der Waals surface area contributed by atoms with E-state index in [0.29, 0.717) is 12.2 Å². The zero-order valence-electron chi connectivity index (χ0n) is 4.39. The molecule has 0 aromatic carbocycles. The second-order valence-corrected chi connectivity index (χ2v) is 2.50. The highest BCUT2D eigenvalue weighted by molar-refractivity contribution is 5.75. The van der Waals surface area contributed by atoms with Crippen LogP contribution in [0.1, 0.15) is 25.7 Å². The molecule has 2 unspecified atom stereocenters. The molecule has 0 radical (unpaired) electrons. The number of rotatable bonds is 0. The van der Waals surface area contributed by atoms with Crippen LogP contribution in [0.2, 0.25) is 0 Å². The summed E-state index contributed by atoms with van der Waals surface area (Å²) in [5.41, 5.74) is 0. The zero-order valence-corrected chi connectivity index (χ0v) is 4.39. The fourth-order valence-corrected chi connectivity index (χ4v) is 1.38. The van der Waals surface area contributed by atoms with Crippen LogP contribution in [0.3, 0.4) is 0 Å². The average Bonchev–Trinajstić information content (AvgIpc) is 2.41. The molecule has 2 rings (SSSR count). The van der Waals surface area contributed by atoms with Crippen LogP contribution in [0.25, 0.3) is 0 Å². The van der Waals surface area contributed by atoms with Gasteiger partial charge in [-0.25, -0.2) is 0 Å². The third-order valence-corrected chi connectivity index (χ3v) is 1.91. The van der Waals surface area contributed by atoms with E-state index in [1.165, 1.54) is 25.7 Å². The zero-order chi connectivity index (χ0) is 4.69. The van der Waals surface area contributed by atoms with Crippen molar-refractivity contribution < 1.29 is 4.74 Å². The summed E-state index contributed by atoms with van der Waals surface area (Å²) in [6, 6.07) is 0. The predicted octanol–water partition coefficient (Wildman–Crippen LogP) is -0.124. The van der Waals surface area contributed by atoms with E-state index in [9.17, 15) is 0 Å². The molecule has 0 aromatic heterocycles. The Hall–Kier alpha value is 0.177. The lowest BCUT2D eigenvalue weighted by Crippen LogP contribution is -2.00. The maximum absolute atomic E-state index is 5.28. The fourth-order valence-electron chi connectivity index (χ4n) is 1.38. The van der Waals surface area contributed by atoms with Gasteiger partial charge in [0.1, 0.15) is 0 Å². The molecule has 2 aliphatic rings. The molecular formula is C6H14OSi. The molecular weight excluding hydrogens is 116 g/mol. The molecule has 1 aliphatic carbocycles. The molecule has 0 N–H and O–H groups in total. The lowest BCUT2D eigenvalue weighted by atomic mass is 10.0. The van der Waals surface area contributed by atoms with Gasteiger partial charge in [0.05, 0.1) is 12.2 Å². The van der Waals surface area contributed by atoms with Crippen LogP contribution in [0.15, 0.2) is 0 Å². The van der Waals surface area contributed by atoms with Gasteiger partial charge < -0.3 is 4.74 Å². The van der Waals surface area contributed by atoms with E-state index in [0.717, 1.165) is 0 Å². The van der Waals surface area contributed by atoms with E-state index in [2.05, 4.69) is 0 Å². The minimum Gasteiger partial charge on any atom is -0.370 e. The highest BCUT2D eigenvalue weighted by Crippen LogP contribution is 2.35. The number of epoxide rings is 1. The van der Waals surface area contributed by atoms with E-state index in [-0.39, 0.29) is 11.0 Å². The van der Waals surface area contributed by atoms with Gasteiger partial charge in [0.2, 0.25) is 0 Å². The Morgan fingerprint density at radius 2 is 1.50 bits per heavy atom. The Labute approximate surface area is 54.4 Å². The molecule has 8 heavy (non-hydrogen) atoms. The second kappa shape index (κ2) is 2.19. The summed E-state index contributed by atoms with van der Waals surface area (Å²) in [5.74, 6) is 0. The van der Waals surface area contributed by atoms with Gasteiger partial charge in [-0.2, -0.15) is 0 Å². The van der Waals surface area contributed by atoms with Gasteiger partial charge in [-0.1, -0.05) is 12.8 Å². The van der Waals surface area contributed by atoms with Gasteiger partial charge in [0, 0.05) is 0 Å². The van der Waals surface area contributed by atoms with Gasteiger partial charge >= 0.3 is 0 Å². The van der Waals surface area contributed by atoms with Crippen LogP contribution in [0.5, 0.6) is 0 Å². The van der Waals surface area contributed by atoms with E-state index in [1.54, 1.807) is 0 Å². The van der Waals surface area contributed by atoms with Gasteiger partial charge in [-0.05, 0) is 23.8 Å². The predicted molar refractivity (Wildman–Crippen MR) is 38.5 cm³/mol. The van der Waals surface area contributed by atoms with Gasteiger partial charge in [0.15, 0.2) is 0 Å². The fraction of sp³-hybridized carbons (Fsp3) is 1.00. The van der Waals surface area contributed by atoms with Crippen LogP contribution in [0.4, 0.5) is 0 Å². The first-order valence-electron chi connectivity index (χ1n) is 3.12. The molecule has 0 bridgehead atoms. The number of fused-ring (bicyclic) bond motifs is 1. The Balaban J connectivity index is 0.000000320. The molecule has 0 amide bonds. The van der Waals surface area contributed by atoms with Crippen molar-refractivity contribution in [3.05, 3.63) is 0 Å². The van der Waals surface area contributed by atoms with Crippen molar-refractivity contribution in [2.24, 2.45) is 0 Å². The third kappa shape index (κ3) is 0.953. The summed E-state index contributed by atoms with van der Waals surface area (Å²) in [4.78, 5) is 0. The van der Waals surface area contributed by atoms with Crippen LogP contribution in [-0.4, -0.2) is 23.2 Å². The largest absolute Gasteiger partial charge is 0.370 e. The lowest BCUT2D eigenvalue weighted by molar-refractivity contribution is 0.373. The minimum atomic E-state index is 0. The quantitative estimate of drug-likeness (QED) is 0.329. The van der Waals surface area contributed by atoms with Crippen molar-refractivity contribution in [3.63, 3.8) is 0 Å². The molecule has 48 valence electrons. The lowest BCUT2D eigenvalue weighted by Gasteiger charge is -2.00. The maximum atomic E-state index is 5.28. The van der Waals surface area contributed by atoms with Crippen molar-refractivity contribution in [3.8, 4) is 0 Å². The Morgan fingerprint density at radius 1 is 1.00 bits per heavy atom. The summed E-state index contributed by atoms with van der Waals surface area (Å²) in [5, 5.41) is 0. The monoisotopic (exact) mass is 130 g/mol. The molecule has 1 saturated heterocycles. The molecule has 2 atom stereocenters. The third-order valence-electron chi connectivity index (χ3n) is 1.91. The first-order valence-corrected chi connectivity index (χ1v) is 3.12. The maximum Gasteiger partial charge on any atom is 0.0841 e. The van der Waals surface area contributed by atoms with Crippen LogP contribution >= 0.6 is 0 Å². The van der Waals surface area contributed by atoms with Crippen LogP contribution < -0.4 is 0 Å². The summed E-state index contributed by atoms with van der Waals surface area (Å²) < 4.78 is 5.28. The molecule has 2 fully saturated rings. The first-order chi connectivity index (χ1) is 3.47. The topological polar surface area (TPSA) is 12.5 Å². The van der Waals surface area contributed by atoms with Gasteiger partial charge in [-0.3, -0.25) is 0 Å². The van der Waals surface area contributed by atoms with E-state index in [1.807, 2.05) is 0 Å². The normalized spacial score (nSPS) is 42.0. The highest BCUT2D eigenvalue weighted by Gasteiger charge is 2.39. The smallest absolute Gasteiger partial charge is 0.0841 e. The standard InChI is InChI=1S/C6H10O.H4Si/c1-2-4-6-5(3-1)7-6;/h5-6H,1-4H2;1H4. The number of hydrogen-bond acceptors (Lipinski definition) is 1. The van der Waals surface area contributed by atoms with Crippen molar-refractivity contribution >= 4 is 11.0 Å². The molecule has 1 saturated carbocycles. The van der Waals surface area contributed by atoms with E-state index < -0.39 is 0 Å². The molecule has 0 spiro atoms. The second-order valence-electron chi connectivity index (χ2n) is 2.50. The molecule has 0 aromatic rings. The highest BCUT2D eigenvalue weighted by atomic mass is 28.1. The molecule has 1 aliphatic heterocycles. The van der Waals surface area contributed by atoms with E-state index in [4.69, 9.17) is 4.74 Å². The Morgan fingerprint density at radius 3 is 1.88 bits per heavy atom. The van der Waals surface area contributed by atoms with Crippen molar-refractivity contribution in [2.45, 2.75) is 37.9 Å². The average molecular weight is 130 g/mol. The summed E-state index contributed by atoms with van der Waals surface area (Å²) in [6.07, 6.45) is 6.89. The summed E-state index contributed by atoms with van der Waals surface area (Å²) >= 11 is 0. The molecule has 1 nitrogen and oxygen atoms in total. The van der Waals surface area contributed by atoms with E-state index >= 15 is 0 Å². The van der Waals surface area contributed by atoms with Gasteiger partial charge in [0.25, 0.3) is 0 Å². The van der Waals surface area contributed by atoms with Crippen molar-refractivity contribution in [1.82, 2.24) is 0 Å². The van der Waals surface area contributed by atoms with Crippen molar-refractivity contribution in [1.29, 1.82) is 0 Å². The minimum absolute atomic E-state index is 0. The van der Waals surface area contributed by atoms with Gasteiger partial charge in [-0.15, -0.1) is 0 Å². The van der Waals surface area contributed by atoms with Crippen molar-refractivity contribution in [2.75, 3.05) is 0 Å². The Kier molecular flexibility index (Phi) is 1.73. The SMILES string of the molecule is C1CCC2OC2C1.[SiH4]. The molecule has 1 heterocycles. The van der Waals surface area contributed by atoms with Crippen LogP contribution in [-0.2, 0) is 4.74 Å². The number of ether oxygens (including phenoxy) is 1. The first kappa shape index (κ1) is 6.30. The van der Waals surface area contributed by atoms with Crippen LogP contribution in [0, 0.1) is 0 Å². The summed E-state index contributed by atoms with van der Waals surface area (Å²) in [6.45, 7) is 0. The summed E-state index contributed by atoms with van der Waals surface area (Å²) in [7, 11) is 0. The Bertz CT molecular complexity index is 74.6. The molecule has 2 heteroatoms.